The first-order valence-corrected chi connectivity index (χ1v) is 9.91. The summed E-state index contributed by atoms with van der Waals surface area (Å²) in [5, 5.41) is 7.95. The van der Waals surface area contributed by atoms with E-state index in [4.69, 9.17) is 9.57 Å². The number of unbranched alkanes of at least 4 members (excludes halogenated alkanes) is 2. The number of aryl methyl sites for hydroxylation is 1. The maximum absolute atomic E-state index is 12.8. The number of rotatable bonds is 10. The number of carbonyl (C=O) groups excluding carboxylic acids is 3. The largest absolute Gasteiger partial charge is 0.466 e. The molecule has 0 aliphatic carbocycles. The summed E-state index contributed by atoms with van der Waals surface area (Å²) in [7, 11) is 1.40. The maximum atomic E-state index is 12.8. The molecule has 0 aliphatic heterocycles. The number of nitrogens with zero attached hydrogens (tertiary/aromatic N) is 3. The molecule has 30 heavy (non-hydrogen) atoms. The average molecular weight is 416 g/mol. The van der Waals surface area contributed by atoms with Gasteiger partial charge >= 0.3 is 17.9 Å². The fraction of sp³-hybridized carbons (Fsp3) is 0.429. The van der Waals surface area contributed by atoms with E-state index in [-0.39, 0.29) is 11.7 Å². The minimum absolute atomic E-state index is 0.0877. The number of carbonyl (C=O) groups is 3. The number of hydrogen-bond donors (Lipinski definition) is 1. The predicted octanol–water partition coefficient (Wildman–Crippen LogP) is 3.08. The highest BCUT2D eigenvalue weighted by atomic mass is 16.7. The van der Waals surface area contributed by atoms with Crippen LogP contribution in [0.3, 0.4) is 0 Å². The van der Waals surface area contributed by atoms with Gasteiger partial charge in [0.15, 0.2) is 5.69 Å². The second kappa shape index (κ2) is 11.7. The van der Waals surface area contributed by atoms with Crippen LogP contribution >= 0.6 is 0 Å². The molecule has 0 spiro atoms. The Labute approximate surface area is 175 Å². The Kier molecular flexibility index (Phi) is 9.02. The van der Waals surface area contributed by atoms with Crippen molar-refractivity contribution in [2.45, 2.75) is 39.5 Å². The fourth-order valence-electron chi connectivity index (χ4n) is 2.82. The number of esters is 1. The predicted molar refractivity (Wildman–Crippen MR) is 111 cm³/mol. The first kappa shape index (κ1) is 23.1. The molecule has 0 unspecified atom stereocenters. The molecule has 9 heteroatoms. The van der Waals surface area contributed by atoms with E-state index in [2.05, 4.69) is 10.4 Å². The van der Waals surface area contributed by atoms with Gasteiger partial charge in [-0.25, -0.2) is 4.79 Å². The van der Waals surface area contributed by atoms with Crippen LogP contribution in [-0.4, -0.2) is 47.9 Å². The van der Waals surface area contributed by atoms with E-state index in [0.29, 0.717) is 31.7 Å². The van der Waals surface area contributed by atoms with Crippen molar-refractivity contribution < 1.29 is 24.0 Å². The van der Waals surface area contributed by atoms with E-state index in [1.54, 1.807) is 19.1 Å². The molecule has 1 heterocycles. The lowest BCUT2D eigenvalue weighted by Crippen LogP contribution is -2.32. The Balaban J connectivity index is 1.85. The Bertz CT molecular complexity index is 865. The van der Waals surface area contributed by atoms with Crippen LogP contribution < -0.4 is 10.4 Å². The highest BCUT2D eigenvalue weighted by Crippen LogP contribution is 2.21. The van der Waals surface area contributed by atoms with E-state index < -0.39 is 11.9 Å². The topological polar surface area (TPSA) is 103 Å². The van der Waals surface area contributed by atoms with Gasteiger partial charge in [0.25, 0.3) is 0 Å². The molecule has 0 bridgehead atoms. The first-order chi connectivity index (χ1) is 14.5. The number of nitrogens with one attached hydrogen (secondary N) is 1. The van der Waals surface area contributed by atoms with Crippen LogP contribution in [0.2, 0.25) is 0 Å². The van der Waals surface area contributed by atoms with Crippen molar-refractivity contribution >= 4 is 23.6 Å². The zero-order chi connectivity index (χ0) is 21.9. The molecular formula is C21H28N4O5. The van der Waals surface area contributed by atoms with Gasteiger partial charge in [0, 0.05) is 19.2 Å². The standard InChI is InChI=1S/C21H28N4O5/c1-4-30-19(26)12-6-5-9-14-22-21(28)24-15-13-17(23-24)20(27)25(29-3)18-11-8-7-10-16(18)2/h7-8,10-11,13,15H,4-6,9,12,14H2,1-3H3,(H,22,28). The molecule has 2 aromatic rings. The monoisotopic (exact) mass is 416 g/mol. The summed E-state index contributed by atoms with van der Waals surface area (Å²) in [5.74, 6) is -0.677. The number of aromatic nitrogens is 2. The normalized spacial score (nSPS) is 10.5. The molecule has 0 radical (unpaired) electrons. The van der Waals surface area contributed by atoms with Crippen molar-refractivity contribution in [3.05, 3.63) is 47.8 Å². The van der Waals surface area contributed by atoms with Crippen LogP contribution in [-0.2, 0) is 14.4 Å². The van der Waals surface area contributed by atoms with Crippen molar-refractivity contribution in [1.29, 1.82) is 0 Å². The summed E-state index contributed by atoms with van der Waals surface area (Å²) in [6.45, 7) is 4.47. The van der Waals surface area contributed by atoms with Crippen LogP contribution in [0.4, 0.5) is 10.5 Å². The van der Waals surface area contributed by atoms with E-state index in [1.807, 2.05) is 19.1 Å². The van der Waals surface area contributed by atoms with E-state index in [9.17, 15) is 14.4 Å². The van der Waals surface area contributed by atoms with Crippen LogP contribution in [0.25, 0.3) is 0 Å². The molecule has 0 saturated carbocycles. The number of hydroxylamine groups is 1. The third-order valence-corrected chi connectivity index (χ3v) is 4.36. The highest BCUT2D eigenvalue weighted by Gasteiger charge is 2.22. The van der Waals surface area contributed by atoms with Gasteiger partial charge in [-0.05, 0) is 44.4 Å². The summed E-state index contributed by atoms with van der Waals surface area (Å²) in [5.41, 5.74) is 1.56. The zero-order valence-corrected chi connectivity index (χ0v) is 17.6. The molecule has 162 valence electrons. The SMILES string of the molecule is CCOC(=O)CCCCCNC(=O)n1ccc(C(=O)N(OC)c2ccccc2C)n1. The fourth-order valence-corrected chi connectivity index (χ4v) is 2.82. The lowest BCUT2D eigenvalue weighted by Gasteiger charge is -2.20. The number of hydrogen-bond acceptors (Lipinski definition) is 6. The van der Waals surface area contributed by atoms with Gasteiger partial charge < -0.3 is 10.1 Å². The third kappa shape index (κ3) is 6.41. The molecule has 2 rings (SSSR count). The van der Waals surface area contributed by atoms with E-state index in [1.165, 1.54) is 19.4 Å². The van der Waals surface area contributed by atoms with Gasteiger partial charge in [-0.1, -0.05) is 24.6 Å². The minimum atomic E-state index is -0.475. The molecule has 0 atom stereocenters. The lowest BCUT2D eigenvalue weighted by molar-refractivity contribution is -0.143. The van der Waals surface area contributed by atoms with Gasteiger partial charge in [-0.3, -0.25) is 14.4 Å². The van der Waals surface area contributed by atoms with E-state index in [0.717, 1.165) is 28.2 Å². The minimum Gasteiger partial charge on any atom is -0.466 e. The summed E-state index contributed by atoms with van der Waals surface area (Å²) in [6.07, 6.45) is 4.03. The second-order valence-electron chi connectivity index (χ2n) is 6.56. The van der Waals surface area contributed by atoms with Gasteiger partial charge in [-0.15, -0.1) is 0 Å². The maximum Gasteiger partial charge on any atom is 0.342 e. The van der Waals surface area contributed by atoms with Gasteiger partial charge in [0.1, 0.15) is 0 Å². The molecule has 0 saturated heterocycles. The second-order valence-corrected chi connectivity index (χ2v) is 6.56. The molecule has 0 aliphatic rings. The summed E-state index contributed by atoms with van der Waals surface area (Å²) in [6, 6.07) is 8.34. The van der Waals surface area contributed by atoms with Crippen LogP contribution in [0.15, 0.2) is 36.5 Å². The van der Waals surface area contributed by atoms with Crippen molar-refractivity contribution in [2.75, 3.05) is 25.3 Å². The molecule has 1 N–H and O–H groups in total. The number of ether oxygens (including phenoxy) is 1. The number of benzene rings is 1. The number of amides is 2. The van der Waals surface area contributed by atoms with Crippen LogP contribution in [0.5, 0.6) is 0 Å². The van der Waals surface area contributed by atoms with E-state index >= 15 is 0 Å². The lowest BCUT2D eigenvalue weighted by atomic mass is 10.2. The quantitative estimate of drug-likeness (QED) is 0.363. The summed E-state index contributed by atoms with van der Waals surface area (Å²) >= 11 is 0. The van der Waals surface area contributed by atoms with Crippen molar-refractivity contribution in [3.63, 3.8) is 0 Å². The van der Waals surface area contributed by atoms with Crippen molar-refractivity contribution in [1.82, 2.24) is 15.1 Å². The summed E-state index contributed by atoms with van der Waals surface area (Å²) in [4.78, 5) is 41.5. The van der Waals surface area contributed by atoms with Crippen LogP contribution in [0, 0.1) is 6.92 Å². The molecule has 1 aromatic carbocycles. The van der Waals surface area contributed by atoms with Crippen molar-refractivity contribution in [3.8, 4) is 0 Å². The number of para-hydroxylation sites is 1. The Morgan fingerprint density at radius 2 is 1.90 bits per heavy atom. The summed E-state index contributed by atoms with van der Waals surface area (Å²) < 4.78 is 5.95. The smallest absolute Gasteiger partial charge is 0.342 e. The molecule has 0 fully saturated rings. The van der Waals surface area contributed by atoms with Gasteiger partial charge in [0.05, 0.1) is 19.4 Å². The molecule has 9 nitrogen and oxygen atoms in total. The Hall–Kier alpha value is -3.20. The molecule has 2 amide bonds. The number of anilines is 1. The highest BCUT2D eigenvalue weighted by molar-refractivity contribution is 6.03. The Morgan fingerprint density at radius 3 is 2.60 bits per heavy atom. The molecular weight excluding hydrogens is 388 g/mol. The zero-order valence-electron chi connectivity index (χ0n) is 17.6. The van der Waals surface area contributed by atoms with Crippen molar-refractivity contribution in [2.24, 2.45) is 0 Å². The van der Waals surface area contributed by atoms with Crippen LogP contribution in [0.1, 0.15) is 48.7 Å². The van der Waals surface area contributed by atoms with Gasteiger partial charge in [-0.2, -0.15) is 14.8 Å². The first-order valence-electron chi connectivity index (χ1n) is 9.91. The average Bonchev–Trinajstić information content (AvgIpc) is 3.23. The van der Waals surface area contributed by atoms with Gasteiger partial charge in [0.2, 0.25) is 0 Å². The Morgan fingerprint density at radius 1 is 1.13 bits per heavy atom. The molecule has 1 aromatic heterocycles. The third-order valence-electron chi connectivity index (χ3n) is 4.36.